The maximum atomic E-state index is 9.72. The van der Waals surface area contributed by atoms with Crippen molar-refractivity contribution in [1.29, 1.82) is 0 Å². The fraction of sp³-hybridized carbons (Fsp3) is 0.214. The number of hydrogen-bond donors (Lipinski definition) is 1. The van der Waals surface area contributed by atoms with Gasteiger partial charge in [-0.25, -0.2) is 0 Å². The molecule has 0 aliphatic carbocycles. The maximum Gasteiger partial charge on any atom is 0.200 e. The lowest BCUT2D eigenvalue weighted by atomic mass is 10.2. The van der Waals surface area contributed by atoms with Crippen LogP contribution in [0.2, 0.25) is 0 Å². The number of aromatic nitrogens is 4. The third-order valence-corrected chi connectivity index (χ3v) is 3.92. The molecule has 3 rings (SSSR count). The van der Waals surface area contributed by atoms with E-state index in [1.807, 2.05) is 47.9 Å². The van der Waals surface area contributed by atoms with Crippen molar-refractivity contribution >= 4 is 17.4 Å². The van der Waals surface area contributed by atoms with E-state index in [9.17, 15) is 5.11 Å². The normalized spacial score (nSPS) is 12.7. The number of aliphatic hydroxyl groups is 1. The van der Waals surface area contributed by atoms with Crippen LogP contribution >= 0.6 is 11.8 Å². The molecule has 3 aromatic heterocycles. The first-order valence-electron chi connectivity index (χ1n) is 6.39. The lowest BCUT2D eigenvalue weighted by Crippen LogP contribution is -1.98. The molecule has 3 heterocycles. The second-order valence-electron chi connectivity index (χ2n) is 4.36. The molecular weight excluding hydrogens is 272 g/mol. The SMILES string of the molecule is CC[C@@H](O)c1ccc(Sc2nnc3ccccn23)cn1. The molecule has 0 fully saturated rings. The summed E-state index contributed by atoms with van der Waals surface area (Å²) < 4.78 is 1.93. The highest BCUT2D eigenvalue weighted by atomic mass is 32.2. The molecule has 0 aliphatic rings. The molecular formula is C14H14N4OS. The third kappa shape index (κ3) is 2.52. The summed E-state index contributed by atoms with van der Waals surface area (Å²) in [6, 6.07) is 9.58. The van der Waals surface area contributed by atoms with E-state index in [0.717, 1.165) is 15.7 Å². The van der Waals surface area contributed by atoms with Crippen molar-refractivity contribution in [2.75, 3.05) is 0 Å². The van der Waals surface area contributed by atoms with Gasteiger partial charge in [-0.05, 0) is 42.4 Å². The summed E-state index contributed by atoms with van der Waals surface area (Å²) in [6.07, 6.45) is 3.85. The average molecular weight is 286 g/mol. The Balaban J connectivity index is 1.84. The van der Waals surface area contributed by atoms with Gasteiger partial charge in [0.2, 0.25) is 0 Å². The van der Waals surface area contributed by atoms with Crippen molar-refractivity contribution in [2.45, 2.75) is 29.5 Å². The van der Waals surface area contributed by atoms with Gasteiger partial charge in [0.05, 0.1) is 11.8 Å². The average Bonchev–Trinajstić information content (AvgIpc) is 2.91. The zero-order valence-electron chi connectivity index (χ0n) is 11.0. The van der Waals surface area contributed by atoms with Crippen molar-refractivity contribution in [2.24, 2.45) is 0 Å². The largest absolute Gasteiger partial charge is 0.387 e. The van der Waals surface area contributed by atoms with Crippen LogP contribution in [0.25, 0.3) is 5.65 Å². The summed E-state index contributed by atoms with van der Waals surface area (Å²) >= 11 is 1.50. The molecule has 3 aromatic rings. The van der Waals surface area contributed by atoms with Crippen LogP contribution in [0.3, 0.4) is 0 Å². The minimum absolute atomic E-state index is 0.497. The quantitative estimate of drug-likeness (QED) is 0.799. The molecule has 0 saturated carbocycles. The third-order valence-electron chi connectivity index (χ3n) is 2.98. The van der Waals surface area contributed by atoms with Crippen LogP contribution in [0, 0.1) is 0 Å². The van der Waals surface area contributed by atoms with Gasteiger partial charge in [0, 0.05) is 17.3 Å². The summed E-state index contributed by atoms with van der Waals surface area (Å²) in [7, 11) is 0. The molecule has 102 valence electrons. The van der Waals surface area contributed by atoms with E-state index in [-0.39, 0.29) is 0 Å². The van der Waals surface area contributed by atoms with Crippen LogP contribution in [-0.2, 0) is 0 Å². The highest BCUT2D eigenvalue weighted by molar-refractivity contribution is 7.99. The molecule has 0 amide bonds. The van der Waals surface area contributed by atoms with Crippen LogP contribution in [-0.4, -0.2) is 24.7 Å². The van der Waals surface area contributed by atoms with Crippen LogP contribution in [0.5, 0.6) is 0 Å². The highest BCUT2D eigenvalue weighted by Crippen LogP contribution is 2.26. The van der Waals surface area contributed by atoms with E-state index in [4.69, 9.17) is 0 Å². The predicted molar refractivity (Wildman–Crippen MR) is 76.6 cm³/mol. The lowest BCUT2D eigenvalue weighted by molar-refractivity contribution is 0.169. The maximum absolute atomic E-state index is 9.72. The first-order chi connectivity index (χ1) is 9.78. The topological polar surface area (TPSA) is 63.3 Å². The molecule has 0 spiro atoms. The van der Waals surface area contributed by atoms with E-state index in [2.05, 4.69) is 15.2 Å². The van der Waals surface area contributed by atoms with Gasteiger partial charge in [0.25, 0.3) is 0 Å². The summed E-state index contributed by atoms with van der Waals surface area (Å²) in [6.45, 7) is 1.93. The molecule has 5 nitrogen and oxygen atoms in total. The van der Waals surface area contributed by atoms with Gasteiger partial charge in [-0.3, -0.25) is 9.38 Å². The van der Waals surface area contributed by atoms with E-state index in [1.165, 1.54) is 11.8 Å². The molecule has 0 bridgehead atoms. The molecule has 0 aliphatic heterocycles. The molecule has 0 radical (unpaired) electrons. The Morgan fingerprint density at radius 3 is 2.90 bits per heavy atom. The second-order valence-corrected chi connectivity index (χ2v) is 5.40. The number of pyridine rings is 2. The predicted octanol–water partition coefficient (Wildman–Crippen LogP) is 2.72. The molecule has 1 atom stereocenters. The van der Waals surface area contributed by atoms with E-state index in [0.29, 0.717) is 12.1 Å². The second kappa shape index (κ2) is 5.60. The molecule has 0 aromatic carbocycles. The summed E-state index contributed by atoms with van der Waals surface area (Å²) in [5.41, 5.74) is 1.52. The number of aliphatic hydroxyl groups excluding tert-OH is 1. The minimum Gasteiger partial charge on any atom is -0.387 e. The lowest BCUT2D eigenvalue weighted by Gasteiger charge is -2.07. The van der Waals surface area contributed by atoms with Crippen LogP contribution in [0.1, 0.15) is 25.1 Å². The van der Waals surface area contributed by atoms with Gasteiger partial charge < -0.3 is 5.11 Å². The first-order valence-corrected chi connectivity index (χ1v) is 7.21. The Bertz CT molecular complexity index is 711. The zero-order valence-corrected chi connectivity index (χ0v) is 11.8. The van der Waals surface area contributed by atoms with Crippen LogP contribution in [0.15, 0.2) is 52.8 Å². The Morgan fingerprint density at radius 2 is 2.15 bits per heavy atom. The molecule has 0 unspecified atom stereocenters. The van der Waals surface area contributed by atoms with Gasteiger partial charge in [0.15, 0.2) is 10.8 Å². The van der Waals surface area contributed by atoms with E-state index in [1.54, 1.807) is 6.20 Å². The van der Waals surface area contributed by atoms with Gasteiger partial charge in [-0.15, -0.1) is 10.2 Å². The first kappa shape index (κ1) is 13.1. The molecule has 20 heavy (non-hydrogen) atoms. The standard InChI is InChI=1S/C14H14N4OS/c1-2-12(19)11-7-6-10(9-15-11)20-14-17-16-13-5-3-4-8-18(13)14/h3-9,12,19H,2H2,1H3/t12-/m1/s1. The van der Waals surface area contributed by atoms with Crippen molar-refractivity contribution in [3.63, 3.8) is 0 Å². The van der Waals surface area contributed by atoms with Crippen molar-refractivity contribution in [3.8, 4) is 0 Å². The Labute approximate surface area is 120 Å². The minimum atomic E-state index is -0.497. The fourth-order valence-corrected chi connectivity index (χ4v) is 2.64. The van der Waals surface area contributed by atoms with Gasteiger partial charge in [-0.1, -0.05) is 13.0 Å². The Morgan fingerprint density at radius 1 is 1.25 bits per heavy atom. The Kier molecular flexibility index (Phi) is 3.66. The van der Waals surface area contributed by atoms with Gasteiger partial charge >= 0.3 is 0 Å². The number of rotatable bonds is 4. The van der Waals surface area contributed by atoms with Gasteiger partial charge in [0.1, 0.15) is 0 Å². The summed E-state index contributed by atoms with van der Waals surface area (Å²) in [5.74, 6) is 0. The number of nitrogens with zero attached hydrogens (tertiary/aromatic N) is 4. The van der Waals surface area contributed by atoms with Crippen molar-refractivity contribution < 1.29 is 5.11 Å². The fourth-order valence-electron chi connectivity index (χ4n) is 1.85. The highest BCUT2D eigenvalue weighted by Gasteiger charge is 2.09. The van der Waals surface area contributed by atoms with Crippen LogP contribution in [0.4, 0.5) is 0 Å². The van der Waals surface area contributed by atoms with Crippen LogP contribution < -0.4 is 0 Å². The van der Waals surface area contributed by atoms with Crippen molar-refractivity contribution in [1.82, 2.24) is 19.6 Å². The smallest absolute Gasteiger partial charge is 0.200 e. The van der Waals surface area contributed by atoms with Gasteiger partial charge in [-0.2, -0.15) is 0 Å². The molecule has 1 N–H and O–H groups in total. The summed E-state index contributed by atoms with van der Waals surface area (Å²) in [5, 5.41) is 18.8. The zero-order chi connectivity index (χ0) is 13.9. The van der Waals surface area contributed by atoms with Crippen molar-refractivity contribution in [3.05, 3.63) is 48.4 Å². The van der Waals surface area contributed by atoms with E-state index >= 15 is 0 Å². The molecule has 6 heteroatoms. The summed E-state index contributed by atoms with van der Waals surface area (Å²) in [4.78, 5) is 5.25. The monoisotopic (exact) mass is 286 g/mol. The Hall–Kier alpha value is -1.92. The number of hydrogen-bond acceptors (Lipinski definition) is 5. The molecule has 0 saturated heterocycles. The number of fused-ring (bicyclic) bond motifs is 1. The van der Waals surface area contributed by atoms with E-state index < -0.39 is 6.10 Å².